The largest absolute Gasteiger partial charge is 0.319 e. The molecule has 0 saturated heterocycles. The Bertz CT molecular complexity index is 233. The van der Waals surface area contributed by atoms with Gasteiger partial charge in [-0.05, 0) is 26.0 Å². The van der Waals surface area contributed by atoms with Crippen molar-refractivity contribution < 1.29 is 0 Å². The molecular formula is C6H13N5. The van der Waals surface area contributed by atoms with Gasteiger partial charge in [0, 0.05) is 0 Å². The summed E-state index contributed by atoms with van der Waals surface area (Å²) >= 11 is 0. The molecule has 0 aliphatic heterocycles. The van der Waals surface area contributed by atoms with E-state index in [2.05, 4.69) is 15.4 Å². The van der Waals surface area contributed by atoms with Gasteiger partial charge in [0.2, 0.25) is 0 Å². The molecule has 0 aromatic carbocycles. The van der Waals surface area contributed by atoms with Crippen molar-refractivity contribution in [1.29, 1.82) is 0 Å². The standard InChI is InChI=1S/C6H13N5/c1-4-11-9-5(8-10-11)6(2,3)7/h4,7H2,1-3H3. The smallest absolute Gasteiger partial charge is 0.193 e. The van der Waals surface area contributed by atoms with Crippen LogP contribution in [0.15, 0.2) is 0 Å². The van der Waals surface area contributed by atoms with Crippen LogP contribution in [0.1, 0.15) is 26.6 Å². The molecule has 0 radical (unpaired) electrons. The fourth-order valence-corrected chi connectivity index (χ4v) is 0.635. The van der Waals surface area contributed by atoms with E-state index >= 15 is 0 Å². The molecule has 0 saturated carbocycles. The second kappa shape index (κ2) is 2.58. The van der Waals surface area contributed by atoms with Gasteiger partial charge in [-0.1, -0.05) is 0 Å². The van der Waals surface area contributed by atoms with Crippen LogP contribution in [0.3, 0.4) is 0 Å². The molecule has 11 heavy (non-hydrogen) atoms. The highest BCUT2D eigenvalue weighted by molar-refractivity contribution is 4.94. The molecule has 0 amide bonds. The van der Waals surface area contributed by atoms with E-state index in [1.807, 2.05) is 20.8 Å². The van der Waals surface area contributed by atoms with Crippen LogP contribution >= 0.6 is 0 Å². The molecule has 0 atom stereocenters. The van der Waals surface area contributed by atoms with E-state index in [-0.39, 0.29) is 0 Å². The van der Waals surface area contributed by atoms with Crippen LogP contribution < -0.4 is 5.73 Å². The van der Waals surface area contributed by atoms with E-state index in [1.165, 1.54) is 4.80 Å². The minimum atomic E-state index is -0.493. The van der Waals surface area contributed by atoms with Crippen LogP contribution in [0.25, 0.3) is 0 Å². The summed E-state index contributed by atoms with van der Waals surface area (Å²) in [5, 5.41) is 11.7. The highest BCUT2D eigenvalue weighted by Gasteiger charge is 2.19. The number of hydrogen-bond donors (Lipinski definition) is 1. The van der Waals surface area contributed by atoms with Gasteiger partial charge in [0.1, 0.15) is 0 Å². The van der Waals surface area contributed by atoms with Crippen LogP contribution in [0.2, 0.25) is 0 Å². The van der Waals surface area contributed by atoms with Crippen molar-refractivity contribution in [2.24, 2.45) is 5.73 Å². The molecule has 5 nitrogen and oxygen atoms in total. The number of nitrogens with zero attached hydrogens (tertiary/aromatic N) is 4. The molecular weight excluding hydrogens is 142 g/mol. The fraction of sp³-hybridized carbons (Fsp3) is 0.833. The zero-order chi connectivity index (χ0) is 8.48. The van der Waals surface area contributed by atoms with E-state index in [4.69, 9.17) is 5.73 Å². The lowest BCUT2D eigenvalue weighted by molar-refractivity contribution is 0.499. The zero-order valence-electron chi connectivity index (χ0n) is 7.07. The SMILES string of the molecule is CCn1nnc(C(C)(C)N)n1. The summed E-state index contributed by atoms with van der Waals surface area (Å²) in [7, 11) is 0. The number of aromatic nitrogens is 4. The molecule has 2 N–H and O–H groups in total. The lowest BCUT2D eigenvalue weighted by Crippen LogP contribution is -2.30. The number of aryl methyl sites for hydroxylation is 1. The maximum absolute atomic E-state index is 5.75. The molecule has 1 rings (SSSR count). The number of hydrogen-bond acceptors (Lipinski definition) is 4. The Morgan fingerprint density at radius 3 is 2.45 bits per heavy atom. The summed E-state index contributed by atoms with van der Waals surface area (Å²) < 4.78 is 0. The highest BCUT2D eigenvalue weighted by atomic mass is 15.6. The maximum atomic E-state index is 5.75. The first-order valence-corrected chi connectivity index (χ1v) is 3.61. The van der Waals surface area contributed by atoms with Crippen LogP contribution in [0.5, 0.6) is 0 Å². The van der Waals surface area contributed by atoms with Gasteiger partial charge in [-0.3, -0.25) is 0 Å². The van der Waals surface area contributed by atoms with E-state index in [9.17, 15) is 0 Å². The Morgan fingerprint density at radius 2 is 2.18 bits per heavy atom. The lowest BCUT2D eigenvalue weighted by atomic mass is 10.1. The Kier molecular flexibility index (Phi) is 1.90. The molecule has 0 unspecified atom stereocenters. The Hall–Kier alpha value is -0.970. The first-order valence-electron chi connectivity index (χ1n) is 3.61. The summed E-state index contributed by atoms with van der Waals surface area (Å²) in [6.07, 6.45) is 0. The monoisotopic (exact) mass is 155 g/mol. The molecule has 0 spiro atoms. The lowest BCUT2D eigenvalue weighted by Gasteiger charge is -2.11. The fourth-order valence-electron chi connectivity index (χ4n) is 0.635. The highest BCUT2D eigenvalue weighted by Crippen LogP contribution is 2.08. The summed E-state index contributed by atoms with van der Waals surface area (Å²) in [6, 6.07) is 0. The average Bonchev–Trinajstić information content (AvgIpc) is 2.32. The first kappa shape index (κ1) is 8.13. The van der Waals surface area contributed by atoms with Gasteiger partial charge in [-0.2, -0.15) is 4.80 Å². The predicted molar refractivity (Wildman–Crippen MR) is 40.7 cm³/mol. The quantitative estimate of drug-likeness (QED) is 0.646. The van der Waals surface area contributed by atoms with Crippen molar-refractivity contribution in [3.05, 3.63) is 5.82 Å². The molecule has 62 valence electrons. The molecule has 1 aromatic heterocycles. The number of nitrogens with two attached hydrogens (primary N) is 1. The Morgan fingerprint density at radius 1 is 1.55 bits per heavy atom. The first-order chi connectivity index (χ1) is 5.04. The van der Waals surface area contributed by atoms with Crippen molar-refractivity contribution >= 4 is 0 Å². The molecule has 0 aliphatic carbocycles. The average molecular weight is 155 g/mol. The second-order valence-electron chi connectivity index (χ2n) is 3.02. The number of tetrazole rings is 1. The molecule has 0 bridgehead atoms. The van der Waals surface area contributed by atoms with Crippen LogP contribution in [0.4, 0.5) is 0 Å². The minimum Gasteiger partial charge on any atom is -0.319 e. The van der Waals surface area contributed by atoms with Gasteiger partial charge in [0.25, 0.3) is 0 Å². The third-order valence-electron chi connectivity index (χ3n) is 1.31. The summed E-state index contributed by atoms with van der Waals surface area (Å²) in [4.78, 5) is 1.52. The summed E-state index contributed by atoms with van der Waals surface area (Å²) in [6.45, 7) is 6.38. The molecule has 0 aliphatic rings. The van der Waals surface area contributed by atoms with Crippen molar-refractivity contribution in [3.8, 4) is 0 Å². The predicted octanol–water partition coefficient (Wildman–Crippen LogP) is -0.113. The van der Waals surface area contributed by atoms with Crippen molar-refractivity contribution in [1.82, 2.24) is 20.2 Å². The van der Waals surface area contributed by atoms with Gasteiger partial charge in [-0.25, -0.2) is 0 Å². The van der Waals surface area contributed by atoms with Crippen molar-refractivity contribution in [2.45, 2.75) is 32.9 Å². The molecule has 5 heteroatoms. The van der Waals surface area contributed by atoms with Crippen LogP contribution in [-0.4, -0.2) is 20.2 Å². The van der Waals surface area contributed by atoms with Gasteiger partial charge in [0.15, 0.2) is 5.82 Å². The van der Waals surface area contributed by atoms with Crippen molar-refractivity contribution in [2.75, 3.05) is 0 Å². The molecule has 0 fully saturated rings. The van der Waals surface area contributed by atoms with Gasteiger partial charge in [0.05, 0.1) is 12.1 Å². The van der Waals surface area contributed by atoms with Gasteiger partial charge < -0.3 is 5.73 Å². The van der Waals surface area contributed by atoms with E-state index in [1.54, 1.807) is 0 Å². The van der Waals surface area contributed by atoms with Gasteiger partial charge in [-0.15, -0.1) is 10.2 Å². The van der Waals surface area contributed by atoms with Crippen LogP contribution in [0, 0.1) is 0 Å². The Labute approximate surface area is 65.6 Å². The zero-order valence-corrected chi connectivity index (χ0v) is 7.07. The minimum absolute atomic E-state index is 0.493. The van der Waals surface area contributed by atoms with Crippen LogP contribution in [-0.2, 0) is 12.1 Å². The second-order valence-corrected chi connectivity index (χ2v) is 3.02. The Balaban J connectivity index is 2.89. The van der Waals surface area contributed by atoms with E-state index < -0.39 is 5.54 Å². The maximum Gasteiger partial charge on any atom is 0.193 e. The van der Waals surface area contributed by atoms with E-state index in [0.29, 0.717) is 5.82 Å². The third kappa shape index (κ3) is 1.74. The van der Waals surface area contributed by atoms with E-state index in [0.717, 1.165) is 6.54 Å². The molecule has 1 heterocycles. The topological polar surface area (TPSA) is 69.6 Å². The third-order valence-corrected chi connectivity index (χ3v) is 1.31. The molecule has 1 aromatic rings. The van der Waals surface area contributed by atoms with Crippen molar-refractivity contribution in [3.63, 3.8) is 0 Å². The summed E-state index contributed by atoms with van der Waals surface area (Å²) in [5.41, 5.74) is 5.25. The van der Waals surface area contributed by atoms with Gasteiger partial charge >= 0.3 is 0 Å². The summed E-state index contributed by atoms with van der Waals surface area (Å²) in [5.74, 6) is 0.583. The normalized spacial score (nSPS) is 12.0. The number of rotatable bonds is 2.